The summed E-state index contributed by atoms with van der Waals surface area (Å²) in [7, 11) is 0. The van der Waals surface area contributed by atoms with E-state index in [-0.39, 0.29) is 0 Å². The fourth-order valence-electron chi connectivity index (χ4n) is 2.54. The minimum Gasteiger partial charge on any atom is -0.376 e. The van der Waals surface area contributed by atoms with Gasteiger partial charge in [-0.25, -0.2) is 0 Å². The zero-order valence-corrected chi connectivity index (χ0v) is 11.7. The van der Waals surface area contributed by atoms with Gasteiger partial charge in [0.2, 0.25) is 0 Å². The average Bonchev–Trinajstić information content (AvgIpc) is 2.91. The Morgan fingerprint density at radius 1 is 1.22 bits per heavy atom. The normalized spacial score (nSPS) is 25.4. The molecule has 1 atom stereocenters. The molecule has 2 rings (SSSR count). The Labute approximate surface area is 115 Å². The lowest BCUT2D eigenvalue weighted by atomic mass is 9.90. The molecule has 0 radical (unpaired) electrons. The number of ether oxygens (including phenoxy) is 1. The summed E-state index contributed by atoms with van der Waals surface area (Å²) in [4.78, 5) is 0. The van der Waals surface area contributed by atoms with Gasteiger partial charge in [0.25, 0.3) is 0 Å². The van der Waals surface area contributed by atoms with Crippen LogP contribution in [0.1, 0.15) is 44.9 Å². The van der Waals surface area contributed by atoms with Gasteiger partial charge in [-0.15, -0.1) is 0 Å². The van der Waals surface area contributed by atoms with Gasteiger partial charge in [-0.3, -0.25) is 5.43 Å². The summed E-state index contributed by atoms with van der Waals surface area (Å²) in [5, 5.41) is 7.96. The van der Waals surface area contributed by atoms with Crippen LogP contribution in [-0.2, 0) is 4.74 Å². The fraction of sp³-hybridized carbons (Fsp3) is 0.846. The van der Waals surface area contributed by atoms with Crippen molar-refractivity contribution < 1.29 is 4.74 Å². The zero-order valence-electron chi connectivity index (χ0n) is 10.9. The summed E-state index contributed by atoms with van der Waals surface area (Å²) in [5.74, 6) is 0.632. The van der Waals surface area contributed by atoms with Crippen molar-refractivity contribution in [2.45, 2.75) is 51.0 Å². The van der Waals surface area contributed by atoms with Gasteiger partial charge in [-0.1, -0.05) is 19.3 Å². The second kappa shape index (κ2) is 7.69. The summed E-state index contributed by atoms with van der Waals surface area (Å²) in [6, 6.07) is 0. The van der Waals surface area contributed by atoms with Gasteiger partial charge in [0.05, 0.1) is 6.10 Å². The van der Waals surface area contributed by atoms with Crippen molar-refractivity contribution in [2.24, 2.45) is 11.0 Å². The number of nitrogens with one attached hydrogen (secondary N) is 2. The Kier molecular flexibility index (Phi) is 5.87. The lowest BCUT2D eigenvalue weighted by molar-refractivity contribution is 0.114. The summed E-state index contributed by atoms with van der Waals surface area (Å²) in [6.45, 7) is 1.66. The molecule has 1 aliphatic heterocycles. The average molecular weight is 269 g/mol. The van der Waals surface area contributed by atoms with Crippen LogP contribution in [0.25, 0.3) is 0 Å². The number of hydrazone groups is 1. The van der Waals surface area contributed by atoms with E-state index in [1.54, 1.807) is 0 Å². The van der Waals surface area contributed by atoms with E-state index in [9.17, 15) is 0 Å². The lowest BCUT2D eigenvalue weighted by Crippen LogP contribution is -2.37. The molecule has 2 N–H and O–H groups in total. The number of thiocarbonyl (C=S) groups is 1. The molecule has 0 aromatic carbocycles. The van der Waals surface area contributed by atoms with E-state index in [1.165, 1.54) is 32.1 Å². The van der Waals surface area contributed by atoms with E-state index in [2.05, 4.69) is 15.8 Å². The Morgan fingerprint density at radius 2 is 2.06 bits per heavy atom. The van der Waals surface area contributed by atoms with E-state index < -0.39 is 0 Å². The molecule has 2 fully saturated rings. The molecule has 0 aromatic heterocycles. The summed E-state index contributed by atoms with van der Waals surface area (Å²) < 4.78 is 5.51. The van der Waals surface area contributed by atoms with Gasteiger partial charge in [0, 0.05) is 19.4 Å². The molecule has 102 valence electrons. The maximum atomic E-state index is 5.51. The summed E-state index contributed by atoms with van der Waals surface area (Å²) in [6.07, 6.45) is 11.2. The fourth-order valence-corrected chi connectivity index (χ4v) is 2.67. The molecule has 18 heavy (non-hydrogen) atoms. The molecule has 1 unspecified atom stereocenters. The predicted octanol–water partition coefficient (Wildman–Crippen LogP) is 2.20. The Hall–Kier alpha value is -0.680. The Morgan fingerprint density at radius 3 is 2.78 bits per heavy atom. The molecular formula is C13H23N3OS. The summed E-state index contributed by atoms with van der Waals surface area (Å²) in [5.41, 5.74) is 2.89. The van der Waals surface area contributed by atoms with Crippen LogP contribution in [0.15, 0.2) is 5.10 Å². The van der Waals surface area contributed by atoms with Gasteiger partial charge in [0.15, 0.2) is 5.11 Å². The second-order valence-electron chi connectivity index (χ2n) is 5.13. The van der Waals surface area contributed by atoms with E-state index in [1.807, 2.05) is 6.21 Å². The lowest BCUT2D eigenvalue weighted by Gasteiger charge is -2.17. The highest BCUT2D eigenvalue weighted by molar-refractivity contribution is 7.80. The van der Waals surface area contributed by atoms with Gasteiger partial charge < -0.3 is 10.1 Å². The topological polar surface area (TPSA) is 45.6 Å². The Balaban J connectivity index is 1.57. The zero-order chi connectivity index (χ0) is 12.6. The molecule has 0 bridgehead atoms. The van der Waals surface area contributed by atoms with Gasteiger partial charge in [-0.2, -0.15) is 5.10 Å². The Bertz CT molecular complexity index is 284. The number of hydrogen-bond acceptors (Lipinski definition) is 3. The number of rotatable bonds is 4. The van der Waals surface area contributed by atoms with Crippen LogP contribution in [0.3, 0.4) is 0 Å². The largest absolute Gasteiger partial charge is 0.376 e. The van der Waals surface area contributed by atoms with Crippen LogP contribution in [0, 0.1) is 5.92 Å². The van der Waals surface area contributed by atoms with Crippen molar-refractivity contribution in [3.05, 3.63) is 0 Å². The van der Waals surface area contributed by atoms with Gasteiger partial charge in [0.1, 0.15) is 0 Å². The highest BCUT2D eigenvalue weighted by Gasteiger charge is 2.15. The predicted molar refractivity (Wildman–Crippen MR) is 77.8 cm³/mol. The van der Waals surface area contributed by atoms with E-state index in [0.717, 1.165) is 26.0 Å². The maximum Gasteiger partial charge on any atom is 0.187 e. The first-order chi connectivity index (χ1) is 8.84. The van der Waals surface area contributed by atoms with Gasteiger partial charge in [-0.05, 0) is 43.8 Å². The third-order valence-electron chi connectivity index (χ3n) is 3.62. The van der Waals surface area contributed by atoms with Crippen molar-refractivity contribution >= 4 is 23.5 Å². The van der Waals surface area contributed by atoms with Crippen molar-refractivity contribution in [3.63, 3.8) is 0 Å². The second-order valence-corrected chi connectivity index (χ2v) is 5.54. The molecule has 1 saturated carbocycles. The third kappa shape index (κ3) is 4.90. The molecule has 0 amide bonds. The van der Waals surface area contributed by atoms with Crippen LogP contribution in [0.5, 0.6) is 0 Å². The van der Waals surface area contributed by atoms with Crippen LogP contribution in [0.2, 0.25) is 0 Å². The smallest absolute Gasteiger partial charge is 0.187 e. The molecular weight excluding hydrogens is 246 g/mol. The van der Waals surface area contributed by atoms with E-state index >= 15 is 0 Å². The summed E-state index contributed by atoms with van der Waals surface area (Å²) >= 11 is 5.16. The van der Waals surface area contributed by atoms with Crippen LogP contribution in [-0.4, -0.2) is 30.6 Å². The first-order valence-corrected chi connectivity index (χ1v) is 7.44. The molecule has 2 aliphatic rings. The SMILES string of the molecule is S=C(NCC1CCCO1)N/N=C/C1CCCCC1. The minimum absolute atomic E-state index is 0.312. The van der Waals surface area contributed by atoms with Crippen molar-refractivity contribution in [2.75, 3.05) is 13.2 Å². The van der Waals surface area contributed by atoms with Crippen LogP contribution < -0.4 is 10.7 Å². The van der Waals surface area contributed by atoms with Crippen molar-refractivity contribution in [3.8, 4) is 0 Å². The molecule has 1 saturated heterocycles. The first kappa shape index (κ1) is 13.7. The maximum absolute atomic E-state index is 5.51. The molecule has 1 aliphatic carbocycles. The van der Waals surface area contributed by atoms with Gasteiger partial charge >= 0.3 is 0 Å². The van der Waals surface area contributed by atoms with E-state index in [0.29, 0.717) is 17.1 Å². The molecule has 4 nitrogen and oxygen atoms in total. The van der Waals surface area contributed by atoms with Crippen LogP contribution >= 0.6 is 12.2 Å². The van der Waals surface area contributed by atoms with E-state index in [4.69, 9.17) is 17.0 Å². The molecule has 5 heteroatoms. The molecule has 0 spiro atoms. The molecule has 1 heterocycles. The first-order valence-electron chi connectivity index (χ1n) is 7.03. The monoisotopic (exact) mass is 269 g/mol. The number of hydrogen-bond donors (Lipinski definition) is 2. The standard InChI is InChI=1S/C13H23N3OS/c18-13(14-10-12-7-4-8-17-12)16-15-9-11-5-2-1-3-6-11/h9,11-12H,1-8,10H2,(H2,14,16,18)/b15-9+. The highest BCUT2D eigenvalue weighted by Crippen LogP contribution is 2.21. The quantitative estimate of drug-likeness (QED) is 0.466. The van der Waals surface area contributed by atoms with Crippen molar-refractivity contribution in [1.29, 1.82) is 0 Å². The van der Waals surface area contributed by atoms with Crippen LogP contribution in [0.4, 0.5) is 0 Å². The highest BCUT2D eigenvalue weighted by atomic mass is 32.1. The number of nitrogens with zero attached hydrogens (tertiary/aromatic N) is 1. The van der Waals surface area contributed by atoms with Crippen molar-refractivity contribution in [1.82, 2.24) is 10.7 Å². The third-order valence-corrected chi connectivity index (χ3v) is 3.85. The molecule has 0 aromatic rings. The minimum atomic E-state index is 0.312.